The van der Waals surface area contributed by atoms with E-state index in [1.807, 2.05) is 0 Å². The van der Waals surface area contributed by atoms with Crippen molar-refractivity contribution >= 4 is 11.9 Å². The Morgan fingerprint density at radius 2 is 2.29 bits per heavy atom. The largest absolute Gasteiger partial charge is 0.481 e. The number of carbonyl (C=O) groups is 2. The number of hydrogen-bond acceptors (Lipinski definition) is 2. The second-order valence-electron chi connectivity index (χ2n) is 3.84. The van der Waals surface area contributed by atoms with Crippen molar-refractivity contribution in [1.29, 1.82) is 0 Å². The highest BCUT2D eigenvalue weighted by Gasteiger charge is 2.42. The first-order chi connectivity index (χ1) is 6.43. The van der Waals surface area contributed by atoms with Crippen molar-refractivity contribution in [3.8, 4) is 0 Å². The number of aliphatic carboxylic acids is 1. The lowest BCUT2D eigenvalue weighted by Crippen LogP contribution is -2.37. The van der Waals surface area contributed by atoms with Gasteiger partial charge in [-0.3, -0.25) is 9.59 Å². The molecule has 80 valence electrons. The fraction of sp³-hybridized carbons (Fsp3) is 0.778. The van der Waals surface area contributed by atoms with Crippen LogP contribution in [0.4, 0.5) is 4.39 Å². The van der Waals surface area contributed by atoms with Gasteiger partial charge in [-0.05, 0) is 19.3 Å². The van der Waals surface area contributed by atoms with Crippen molar-refractivity contribution in [2.45, 2.75) is 31.9 Å². The number of alkyl halides is 1. The molecule has 0 unspecified atom stereocenters. The minimum atomic E-state index is -1.53. The molecule has 1 aliphatic carbocycles. The molecule has 0 aromatic carbocycles. The second-order valence-corrected chi connectivity index (χ2v) is 3.84. The second kappa shape index (κ2) is 3.94. The van der Waals surface area contributed by atoms with Crippen LogP contribution in [0.5, 0.6) is 0 Å². The molecule has 2 N–H and O–H groups in total. The van der Waals surface area contributed by atoms with Gasteiger partial charge in [0.15, 0.2) is 0 Å². The first kappa shape index (κ1) is 10.9. The van der Waals surface area contributed by atoms with Crippen molar-refractivity contribution in [3.05, 3.63) is 0 Å². The van der Waals surface area contributed by atoms with Gasteiger partial charge in [-0.1, -0.05) is 0 Å². The number of carbonyl (C=O) groups excluding carboxylic acids is 1. The highest BCUT2D eigenvalue weighted by atomic mass is 19.1. The van der Waals surface area contributed by atoms with Crippen LogP contribution in [0.2, 0.25) is 0 Å². The van der Waals surface area contributed by atoms with E-state index in [9.17, 15) is 14.0 Å². The Morgan fingerprint density at radius 3 is 2.71 bits per heavy atom. The number of hydrogen-bond donors (Lipinski definition) is 2. The quantitative estimate of drug-likeness (QED) is 0.710. The molecule has 0 aliphatic heterocycles. The van der Waals surface area contributed by atoms with Crippen molar-refractivity contribution < 1.29 is 19.1 Å². The molecule has 0 aromatic rings. The third kappa shape index (κ3) is 2.68. The summed E-state index contributed by atoms with van der Waals surface area (Å²) in [7, 11) is 0. The average molecular weight is 203 g/mol. The van der Waals surface area contributed by atoms with Crippen LogP contribution in [0.25, 0.3) is 0 Å². The van der Waals surface area contributed by atoms with Gasteiger partial charge in [0, 0.05) is 6.92 Å². The molecule has 0 heterocycles. The Hall–Kier alpha value is -1.13. The zero-order chi connectivity index (χ0) is 10.8. The Kier molecular flexibility index (Phi) is 3.08. The predicted molar refractivity (Wildman–Crippen MR) is 47.5 cm³/mol. The third-order valence-electron chi connectivity index (χ3n) is 2.56. The van der Waals surface area contributed by atoms with E-state index in [2.05, 4.69) is 5.32 Å². The number of halogens is 1. The molecule has 0 spiro atoms. The molecule has 0 radical (unpaired) electrons. The Bertz CT molecular complexity index is 256. The van der Waals surface area contributed by atoms with Crippen LogP contribution < -0.4 is 5.32 Å². The summed E-state index contributed by atoms with van der Waals surface area (Å²) in [5.41, 5.74) is -1.53. The molecule has 4 nitrogen and oxygen atoms in total. The molecule has 0 aromatic heterocycles. The zero-order valence-electron chi connectivity index (χ0n) is 8.05. The van der Waals surface area contributed by atoms with Crippen LogP contribution in [0, 0.1) is 5.92 Å². The monoisotopic (exact) mass is 203 g/mol. The molecule has 1 rings (SSSR count). The standard InChI is InChI=1S/C9H14FNO3/c1-6(12)11-5-9(10)3-2-7(4-9)8(13)14/h7H,2-5H2,1H3,(H,11,12)(H,13,14)/t7-,9-/m1/s1. The van der Waals surface area contributed by atoms with Gasteiger partial charge in [0.05, 0.1) is 12.5 Å². The molecular weight excluding hydrogens is 189 g/mol. The van der Waals surface area contributed by atoms with Crippen LogP contribution >= 0.6 is 0 Å². The van der Waals surface area contributed by atoms with Crippen molar-refractivity contribution in [2.24, 2.45) is 5.92 Å². The summed E-state index contributed by atoms with van der Waals surface area (Å²) >= 11 is 0. The molecule has 0 bridgehead atoms. The van der Waals surface area contributed by atoms with E-state index in [0.717, 1.165) is 0 Å². The first-order valence-electron chi connectivity index (χ1n) is 4.59. The summed E-state index contributed by atoms with van der Waals surface area (Å²) in [6.45, 7) is 1.24. The molecule has 0 saturated heterocycles. The van der Waals surface area contributed by atoms with Gasteiger partial charge in [0.1, 0.15) is 5.67 Å². The van der Waals surface area contributed by atoms with E-state index < -0.39 is 17.6 Å². The predicted octanol–water partition coefficient (Wildman–Crippen LogP) is 0.716. The normalized spacial score (nSPS) is 31.4. The summed E-state index contributed by atoms with van der Waals surface area (Å²) in [5.74, 6) is -1.85. The minimum Gasteiger partial charge on any atom is -0.481 e. The Balaban J connectivity index is 2.45. The highest BCUT2D eigenvalue weighted by Crippen LogP contribution is 2.37. The minimum absolute atomic E-state index is 0.00259. The van der Waals surface area contributed by atoms with Gasteiger partial charge < -0.3 is 10.4 Å². The topological polar surface area (TPSA) is 66.4 Å². The first-order valence-corrected chi connectivity index (χ1v) is 4.59. The number of carboxylic acids is 1. The lowest BCUT2D eigenvalue weighted by atomic mass is 10.0. The molecular formula is C9H14FNO3. The highest BCUT2D eigenvalue weighted by molar-refractivity contribution is 5.73. The fourth-order valence-electron chi connectivity index (χ4n) is 1.73. The van der Waals surface area contributed by atoms with Crippen LogP contribution in [0.3, 0.4) is 0 Å². The van der Waals surface area contributed by atoms with E-state index >= 15 is 0 Å². The van der Waals surface area contributed by atoms with Crippen LogP contribution in [-0.4, -0.2) is 29.2 Å². The van der Waals surface area contributed by atoms with E-state index in [4.69, 9.17) is 5.11 Å². The number of carboxylic acid groups (broad SMARTS) is 1. The van der Waals surface area contributed by atoms with E-state index in [1.54, 1.807) is 0 Å². The van der Waals surface area contributed by atoms with Crippen molar-refractivity contribution in [3.63, 3.8) is 0 Å². The van der Waals surface area contributed by atoms with E-state index in [1.165, 1.54) is 6.92 Å². The lowest BCUT2D eigenvalue weighted by molar-refractivity contribution is -0.141. The molecule has 5 heteroatoms. The SMILES string of the molecule is CC(=O)NC[C@@]1(F)CC[C@@H](C(=O)O)C1. The van der Waals surface area contributed by atoms with E-state index in [0.29, 0.717) is 6.42 Å². The van der Waals surface area contributed by atoms with Gasteiger partial charge >= 0.3 is 5.97 Å². The summed E-state index contributed by atoms with van der Waals surface area (Å²) in [6, 6.07) is 0. The van der Waals surface area contributed by atoms with Gasteiger partial charge in [0.25, 0.3) is 0 Å². The summed E-state index contributed by atoms with van der Waals surface area (Å²) < 4.78 is 13.8. The summed E-state index contributed by atoms with van der Waals surface area (Å²) in [4.78, 5) is 21.1. The summed E-state index contributed by atoms with van der Waals surface area (Å²) in [6.07, 6.45) is 0.568. The number of nitrogens with one attached hydrogen (secondary N) is 1. The van der Waals surface area contributed by atoms with Crippen LogP contribution in [0.15, 0.2) is 0 Å². The molecule has 1 aliphatic rings. The van der Waals surface area contributed by atoms with Crippen LogP contribution in [-0.2, 0) is 9.59 Å². The fourth-order valence-corrected chi connectivity index (χ4v) is 1.73. The Labute approximate surface area is 81.5 Å². The van der Waals surface area contributed by atoms with Crippen molar-refractivity contribution in [1.82, 2.24) is 5.32 Å². The zero-order valence-corrected chi connectivity index (χ0v) is 8.05. The molecule has 14 heavy (non-hydrogen) atoms. The van der Waals surface area contributed by atoms with Gasteiger partial charge in [-0.2, -0.15) is 0 Å². The molecule has 2 atom stereocenters. The van der Waals surface area contributed by atoms with E-state index in [-0.39, 0.29) is 25.3 Å². The smallest absolute Gasteiger partial charge is 0.306 e. The number of rotatable bonds is 3. The van der Waals surface area contributed by atoms with Gasteiger partial charge in [-0.15, -0.1) is 0 Å². The maximum atomic E-state index is 13.8. The van der Waals surface area contributed by atoms with Crippen LogP contribution in [0.1, 0.15) is 26.2 Å². The maximum absolute atomic E-state index is 13.8. The third-order valence-corrected chi connectivity index (χ3v) is 2.56. The molecule has 1 fully saturated rings. The molecule has 1 amide bonds. The average Bonchev–Trinajstić information content (AvgIpc) is 2.46. The lowest BCUT2D eigenvalue weighted by Gasteiger charge is -2.19. The summed E-state index contributed by atoms with van der Waals surface area (Å²) in [5, 5.41) is 11.0. The van der Waals surface area contributed by atoms with Crippen molar-refractivity contribution in [2.75, 3.05) is 6.54 Å². The number of amides is 1. The van der Waals surface area contributed by atoms with Gasteiger partial charge in [-0.25, -0.2) is 4.39 Å². The maximum Gasteiger partial charge on any atom is 0.306 e. The Morgan fingerprint density at radius 1 is 1.64 bits per heavy atom. The molecule has 1 saturated carbocycles. The van der Waals surface area contributed by atoms with Gasteiger partial charge in [0.2, 0.25) is 5.91 Å².